The van der Waals surface area contributed by atoms with Crippen molar-refractivity contribution in [2.24, 2.45) is 0 Å². The number of hydrogen-bond acceptors (Lipinski definition) is 6. The fourth-order valence-corrected chi connectivity index (χ4v) is 2.01. The molecule has 0 aromatic carbocycles. The van der Waals surface area contributed by atoms with E-state index < -0.39 is 0 Å². The molecule has 3 N–H and O–H groups in total. The third-order valence-corrected chi connectivity index (χ3v) is 3.08. The van der Waals surface area contributed by atoms with Crippen molar-refractivity contribution in [3.63, 3.8) is 0 Å². The third-order valence-electron chi connectivity index (χ3n) is 1.89. The van der Waals surface area contributed by atoms with Crippen molar-refractivity contribution >= 4 is 39.8 Å². The summed E-state index contributed by atoms with van der Waals surface area (Å²) in [6.45, 7) is 1.72. The number of halogens is 1. The molecule has 0 atom stereocenters. The number of rotatable bonds is 2. The molecule has 6 nitrogen and oxygen atoms in total. The summed E-state index contributed by atoms with van der Waals surface area (Å²) < 4.78 is 0. The predicted molar refractivity (Wildman–Crippen MR) is 66.3 cm³/mol. The summed E-state index contributed by atoms with van der Waals surface area (Å²) in [7, 11) is 0. The Hall–Kier alpha value is -1.73. The first-order chi connectivity index (χ1) is 8.06. The standard InChI is InChI=1S/C9H8ClN5OS/c1-4-7(17-9(11)12-4)8(16)13-6-3-2-5(10)14-15-6/h2-3H,1H3,(H2,11,12)(H,13,15,16). The average Bonchev–Trinajstić information content (AvgIpc) is 2.61. The van der Waals surface area contributed by atoms with Crippen molar-refractivity contribution in [1.82, 2.24) is 15.2 Å². The third kappa shape index (κ3) is 2.69. The molecular formula is C9H8ClN5OS. The minimum atomic E-state index is -0.312. The number of nitrogens with two attached hydrogens (primary N) is 1. The van der Waals surface area contributed by atoms with Crippen molar-refractivity contribution in [1.29, 1.82) is 0 Å². The summed E-state index contributed by atoms with van der Waals surface area (Å²) in [6.07, 6.45) is 0. The lowest BCUT2D eigenvalue weighted by atomic mass is 10.3. The molecule has 0 aliphatic rings. The van der Waals surface area contributed by atoms with Gasteiger partial charge in [0.25, 0.3) is 5.91 Å². The van der Waals surface area contributed by atoms with E-state index in [2.05, 4.69) is 20.5 Å². The van der Waals surface area contributed by atoms with Crippen LogP contribution >= 0.6 is 22.9 Å². The maximum absolute atomic E-state index is 11.8. The van der Waals surface area contributed by atoms with Crippen LogP contribution in [0.1, 0.15) is 15.4 Å². The molecule has 0 aliphatic heterocycles. The van der Waals surface area contributed by atoms with Crippen LogP contribution in [0.3, 0.4) is 0 Å². The zero-order valence-electron chi connectivity index (χ0n) is 8.77. The van der Waals surface area contributed by atoms with Gasteiger partial charge < -0.3 is 11.1 Å². The summed E-state index contributed by atoms with van der Waals surface area (Å²) in [5.74, 6) is 0.0130. The maximum atomic E-state index is 11.8. The van der Waals surface area contributed by atoms with Gasteiger partial charge in [-0.25, -0.2) is 4.98 Å². The van der Waals surface area contributed by atoms with E-state index in [1.165, 1.54) is 6.07 Å². The maximum Gasteiger partial charge on any atom is 0.268 e. The molecule has 0 saturated carbocycles. The van der Waals surface area contributed by atoms with E-state index in [0.717, 1.165) is 11.3 Å². The minimum absolute atomic E-state index is 0.265. The van der Waals surface area contributed by atoms with Crippen molar-refractivity contribution < 1.29 is 4.79 Å². The van der Waals surface area contributed by atoms with Crippen molar-refractivity contribution in [2.45, 2.75) is 6.92 Å². The number of aryl methyl sites for hydroxylation is 1. The molecule has 0 spiro atoms. The number of thiazole rings is 1. The molecule has 8 heteroatoms. The van der Waals surface area contributed by atoms with Crippen LogP contribution in [0.5, 0.6) is 0 Å². The molecule has 2 aromatic rings. The molecule has 0 aliphatic carbocycles. The van der Waals surface area contributed by atoms with E-state index in [9.17, 15) is 4.79 Å². The van der Waals surface area contributed by atoms with Crippen molar-refractivity contribution in [3.05, 3.63) is 27.9 Å². The second-order valence-electron chi connectivity index (χ2n) is 3.16. The molecule has 0 bridgehead atoms. The Morgan fingerprint density at radius 2 is 2.24 bits per heavy atom. The smallest absolute Gasteiger partial charge is 0.268 e. The van der Waals surface area contributed by atoms with Gasteiger partial charge in [0, 0.05) is 0 Å². The van der Waals surface area contributed by atoms with Crippen LogP contribution in [-0.2, 0) is 0 Å². The Balaban J connectivity index is 2.17. The van der Waals surface area contributed by atoms with Gasteiger partial charge in [-0.3, -0.25) is 4.79 Å². The number of carbonyl (C=O) groups is 1. The summed E-state index contributed by atoms with van der Waals surface area (Å²) >= 11 is 6.71. The van der Waals surface area contributed by atoms with Crippen LogP contribution in [0.4, 0.5) is 10.9 Å². The number of hydrogen-bond donors (Lipinski definition) is 2. The first kappa shape index (κ1) is 11.7. The van der Waals surface area contributed by atoms with Crippen LogP contribution < -0.4 is 11.1 Å². The van der Waals surface area contributed by atoms with Gasteiger partial charge in [-0.05, 0) is 19.1 Å². The molecule has 88 valence electrons. The number of aromatic nitrogens is 3. The highest BCUT2D eigenvalue weighted by Gasteiger charge is 2.14. The molecule has 0 fully saturated rings. The van der Waals surface area contributed by atoms with Crippen LogP contribution in [0.25, 0.3) is 0 Å². The predicted octanol–water partition coefficient (Wildman–Crippen LogP) is 1.73. The number of nitrogen functional groups attached to an aromatic ring is 1. The Bertz CT molecular complexity index is 553. The van der Waals surface area contributed by atoms with Gasteiger partial charge in [-0.15, -0.1) is 10.2 Å². The van der Waals surface area contributed by atoms with Crippen molar-refractivity contribution in [2.75, 3.05) is 11.1 Å². The number of carbonyl (C=O) groups excluding carboxylic acids is 1. The molecule has 2 rings (SSSR count). The summed E-state index contributed by atoms with van der Waals surface area (Å²) in [6, 6.07) is 3.10. The molecule has 2 heterocycles. The highest BCUT2D eigenvalue weighted by Crippen LogP contribution is 2.20. The van der Waals surface area contributed by atoms with Gasteiger partial charge >= 0.3 is 0 Å². The number of anilines is 2. The van der Waals surface area contributed by atoms with Gasteiger partial charge in [0.1, 0.15) is 4.88 Å². The molecular weight excluding hydrogens is 262 g/mol. The molecule has 0 radical (unpaired) electrons. The van der Waals surface area contributed by atoms with Gasteiger partial charge in [0.05, 0.1) is 5.69 Å². The SMILES string of the molecule is Cc1nc(N)sc1C(=O)Nc1ccc(Cl)nn1. The Kier molecular flexibility index (Phi) is 3.21. The molecule has 0 saturated heterocycles. The lowest BCUT2D eigenvalue weighted by molar-refractivity contribution is 0.102. The molecule has 17 heavy (non-hydrogen) atoms. The monoisotopic (exact) mass is 269 g/mol. The Morgan fingerprint density at radius 3 is 2.76 bits per heavy atom. The van der Waals surface area contributed by atoms with Gasteiger partial charge in [-0.1, -0.05) is 22.9 Å². The minimum Gasteiger partial charge on any atom is -0.375 e. The van der Waals surface area contributed by atoms with Crippen LogP contribution in [0.15, 0.2) is 12.1 Å². The summed E-state index contributed by atoms with van der Waals surface area (Å²) in [5, 5.41) is 10.5. The fraction of sp³-hybridized carbons (Fsp3) is 0.111. The summed E-state index contributed by atoms with van der Waals surface area (Å²) in [4.78, 5) is 16.3. The first-order valence-electron chi connectivity index (χ1n) is 4.60. The normalized spacial score (nSPS) is 10.2. The number of nitrogens with one attached hydrogen (secondary N) is 1. The molecule has 2 aromatic heterocycles. The first-order valence-corrected chi connectivity index (χ1v) is 5.79. The Labute approximate surface area is 106 Å². The lowest BCUT2D eigenvalue weighted by Crippen LogP contribution is -2.13. The van der Waals surface area contributed by atoms with E-state index in [1.54, 1.807) is 13.0 Å². The van der Waals surface area contributed by atoms with E-state index in [1.807, 2.05) is 0 Å². The summed E-state index contributed by atoms with van der Waals surface area (Å²) in [5.41, 5.74) is 6.10. The second kappa shape index (κ2) is 4.64. The van der Waals surface area contributed by atoms with Gasteiger partial charge in [0.15, 0.2) is 16.1 Å². The largest absolute Gasteiger partial charge is 0.375 e. The molecule has 0 unspecified atom stereocenters. The van der Waals surface area contributed by atoms with Crippen LogP contribution in [0.2, 0.25) is 5.15 Å². The fourth-order valence-electron chi connectivity index (χ4n) is 1.18. The quantitative estimate of drug-likeness (QED) is 0.866. The zero-order chi connectivity index (χ0) is 12.4. The number of amides is 1. The van der Waals surface area contributed by atoms with E-state index in [4.69, 9.17) is 17.3 Å². The number of nitrogens with zero attached hydrogens (tertiary/aromatic N) is 3. The van der Waals surface area contributed by atoms with Crippen molar-refractivity contribution in [3.8, 4) is 0 Å². The highest BCUT2D eigenvalue weighted by molar-refractivity contribution is 7.17. The second-order valence-corrected chi connectivity index (χ2v) is 4.58. The lowest BCUT2D eigenvalue weighted by Gasteiger charge is -2.01. The van der Waals surface area contributed by atoms with Gasteiger partial charge in [-0.2, -0.15) is 0 Å². The highest BCUT2D eigenvalue weighted by atomic mass is 35.5. The van der Waals surface area contributed by atoms with E-state index >= 15 is 0 Å². The topological polar surface area (TPSA) is 93.8 Å². The van der Waals surface area contributed by atoms with E-state index in [0.29, 0.717) is 21.5 Å². The Morgan fingerprint density at radius 1 is 1.47 bits per heavy atom. The zero-order valence-corrected chi connectivity index (χ0v) is 10.3. The van der Waals surface area contributed by atoms with E-state index in [-0.39, 0.29) is 11.1 Å². The van der Waals surface area contributed by atoms with Gasteiger partial charge in [0.2, 0.25) is 0 Å². The van der Waals surface area contributed by atoms with Crippen LogP contribution in [0, 0.1) is 6.92 Å². The van der Waals surface area contributed by atoms with Crippen LogP contribution in [-0.4, -0.2) is 21.1 Å². The average molecular weight is 270 g/mol. The molecule has 1 amide bonds.